The number of nitrogens with zero attached hydrogens (tertiary/aromatic N) is 1. The van der Waals surface area contributed by atoms with E-state index in [1.165, 1.54) is 0 Å². The molecule has 0 aromatic heterocycles. The van der Waals surface area contributed by atoms with Gasteiger partial charge < -0.3 is 20.9 Å². The molecule has 0 aliphatic rings. The van der Waals surface area contributed by atoms with Gasteiger partial charge in [0.2, 0.25) is 11.8 Å². The van der Waals surface area contributed by atoms with Crippen molar-refractivity contribution in [2.75, 3.05) is 44.9 Å². The number of nitrogens with one attached hydrogen (secondary N) is 3. The monoisotopic (exact) mass is 364 g/mol. The molecule has 132 valence electrons. The molecule has 8 heteroatoms. The molecule has 0 radical (unpaired) electrons. The second kappa shape index (κ2) is 13.1. The van der Waals surface area contributed by atoms with Crippen molar-refractivity contribution >= 4 is 48.0 Å². The summed E-state index contributed by atoms with van der Waals surface area (Å²) in [7, 11) is 5.67. The Labute approximate surface area is 150 Å². The van der Waals surface area contributed by atoms with Gasteiger partial charge in [-0.25, -0.2) is 0 Å². The van der Waals surface area contributed by atoms with E-state index in [4.69, 9.17) is 0 Å². The summed E-state index contributed by atoms with van der Waals surface area (Å²) in [6.45, 7) is 1.36. The Balaban J connectivity index is 0. The average molecular weight is 365 g/mol. The lowest BCUT2D eigenvalue weighted by Gasteiger charge is -2.10. The van der Waals surface area contributed by atoms with Crippen molar-refractivity contribution in [3.05, 3.63) is 24.3 Å². The molecule has 1 rings (SSSR count). The molecule has 0 spiro atoms. The third-order valence-electron chi connectivity index (χ3n) is 2.84. The lowest BCUT2D eigenvalue weighted by atomic mass is 10.2. The predicted octanol–water partition coefficient (Wildman–Crippen LogP) is 1.97. The van der Waals surface area contributed by atoms with Crippen LogP contribution >= 0.6 is 24.8 Å². The number of rotatable bonds is 8. The zero-order valence-electron chi connectivity index (χ0n) is 13.7. The maximum absolute atomic E-state index is 11.7. The van der Waals surface area contributed by atoms with Crippen LogP contribution in [0.4, 0.5) is 11.4 Å². The summed E-state index contributed by atoms with van der Waals surface area (Å²) >= 11 is 0. The Kier molecular flexibility index (Phi) is 13.7. The van der Waals surface area contributed by atoms with E-state index in [2.05, 4.69) is 16.0 Å². The molecule has 1 aromatic rings. The SMILES string of the molecule is CNCCC(=O)Nc1ccc(NC(=O)CCN(C)C)cc1.Cl.Cl. The van der Waals surface area contributed by atoms with Gasteiger partial charge in [-0.3, -0.25) is 9.59 Å². The van der Waals surface area contributed by atoms with Crippen molar-refractivity contribution in [2.24, 2.45) is 0 Å². The van der Waals surface area contributed by atoms with E-state index in [-0.39, 0.29) is 36.6 Å². The minimum Gasteiger partial charge on any atom is -0.326 e. The van der Waals surface area contributed by atoms with Crippen LogP contribution in [0.5, 0.6) is 0 Å². The number of carbonyl (C=O) groups is 2. The minimum atomic E-state index is -0.0351. The Morgan fingerprint density at radius 1 is 0.913 bits per heavy atom. The Hall–Kier alpha value is -1.34. The van der Waals surface area contributed by atoms with E-state index in [9.17, 15) is 9.59 Å². The highest BCUT2D eigenvalue weighted by Crippen LogP contribution is 2.14. The van der Waals surface area contributed by atoms with Crippen molar-refractivity contribution in [3.63, 3.8) is 0 Å². The van der Waals surface area contributed by atoms with Crippen LogP contribution in [0.2, 0.25) is 0 Å². The van der Waals surface area contributed by atoms with Gasteiger partial charge in [0.25, 0.3) is 0 Å². The fraction of sp³-hybridized carbons (Fsp3) is 0.467. The van der Waals surface area contributed by atoms with Crippen molar-refractivity contribution in [1.29, 1.82) is 0 Å². The van der Waals surface area contributed by atoms with Gasteiger partial charge in [-0.2, -0.15) is 0 Å². The standard InChI is InChI=1S/C15H24N4O2.2ClH/c1-16-10-8-14(20)17-12-4-6-13(7-5-12)18-15(21)9-11-19(2)3;;/h4-7,16H,8-11H2,1-3H3,(H,17,20)(H,18,21);2*1H. The molecule has 3 N–H and O–H groups in total. The second-order valence-electron chi connectivity index (χ2n) is 5.08. The van der Waals surface area contributed by atoms with Gasteiger partial charge in [0.1, 0.15) is 0 Å². The van der Waals surface area contributed by atoms with E-state index in [0.29, 0.717) is 25.9 Å². The third-order valence-corrected chi connectivity index (χ3v) is 2.84. The molecular formula is C15H26Cl2N4O2. The van der Waals surface area contributed by atoms with Gasteiger partial charge in [0.05, 0.1) is 0 Å². The summed E-state index contributed by atoms with van der Waals surface area (Å²) in [5.41, 5.74) is 1.45. The molecule has 0 saturated heterocycles. The average Bonchev–Trinajstić information content (AvgIpc) is 2.45. The minimum absolute atomic E-state index is 0. The molecule has 0 unspecified atom stereocenters. The van der Waals surface area contributed by atoms with Crippen molar-refractivity contribution < 1.29 is 9.59 Å². The fourth-order valence-corrected chi connectivity index (χ4v) is 1.65. The molecular weight excluding hydrogens is 339 g/mol. The summed E-state index contributed by atoms with van der Waals surface area (Å²) in [6, 6.07) is 7.11. The van der Waals surface area contributed by atoms with Crippen LogP contribution < -0.4 is 16.0 Å². The first-order valence-corrected chi connectivity index (χ1v) is 7.00. The number of hydrogen-bond donors (Lipinski definition) is 3. The maximum atomic E-state index is 11.7. The number of amides is 2. The summed E-state index contributed by atoms with van der Waals surface area (Å²) in [4.78, 5) is 25.2. The number of benzene rings is 1. The first-order valence-electron chi connectivity index (χ1n) is 7.00. The molecule has 1 aromatic carbocycles. The quantitative estimate of drug-likeness (QED) is 0.659. The van der Waals surface area contributed by atoms with E-state index in [0.717, 1.165) is 11.4 Å². The van der Waals surface area contributed by atoms with Crippen LogP contribution in [0.3, 0.4) is 0 Å². The van der Waals surface area contributed by atoms with Crippen LogP contribution in [-0.2, 0) is 9.59 Å². The van der Waals surface area contributed by atoms with Gasteiger partial charge in [-0.1, -0.05) is 0 Å². The van der Waals surface area contributed by atoms with Gasteiger partial charge >= 0.3 is 0 Å². The zero-order valence-corrected chi connectivity index (χ0v) is 15.4. The highest BCUT2D eigenvalue weighted by molar-refractivity contribution is 5.93. The molecule has 23 heavy (non-hydrogen) atoms. The summed E-state index contributed by atoms with van der Waals surface area (Å²) in [5.74, 6) is -0.0541. The molecule has 6 nitrogen and oxygen atoms in total. The second-order valence-corrected chi connectivity index (χ2v) is 5.08. The van der Waals surface area contributed by atoms with Gasteiger partial charge in [-0.05, 0) is 45.4 Å². The lowest BCUT2D eigenvalue weighted by Crippen LogP contribution is -2.21. The summed E-state index contributed by atoms with van der Waals surface area (Å²) in [6.07, 6.45) is 0.884. The first kappa shape index (κ1) is 23.9. The van der Waals surface area contributed by atoms with Gasteiger partial charge in [0.15, 0.2) is 0 Å². The molecule has 0 aliphatic carbocycles. The first-order chi connectivity index (χ1) is 10.0. The smallest absolute Gasteiger partial charge is 0.225 e. The van der Waals surface area contributed by atoms with Crippen LogP contribution in [0.25, 0.3) is 0 Å². The fourth-order valence-electron chi connectivity index (χ4n) is 1.65. The molecule has 2 amide bonds. The van der Waals surface area contributed by atoms with Crippen LogP contribution in [0, 0.1) is 0 Å². The van der Waals surface area contributed by atoms with Crippen LogP contribution in [0.1, 0.15) is 12.8 Å². The predicted molar refractivity (Wildman–Crippen MR) is 99.9 cm³/mol. The topological polar surface area (TPSA) is 73.5 Å². The van der Waals surface area contributed by atoms with Gasteiger partial charge in [0, 0.05) is 37.3 Å². The molecule has 0 saturated carbocycles. The van der Waals surface area contributed by atoms with E-state index >= 15 is 0 Å². The molecule has 0 atom stereocenters. The largest absolute Gasteiger partial charge is 0.326 e. The molecule has 0 aliphatic heterocycles. The van der Waals surface area contributed by atoms with Crippen LogP contribution in [-0.4, -0.2) is 50.9 Å². The maximum Gasteiger partial charge on any atom is 0.225 e. The highest BCUT2D eigenvalue weighted by atomic mass is 35.5. The van der Waals surface area contributed by atoms with E-state index in [1.807, 2.05) is 19.0 Å². The Bertz CT molecular complexity index is 467. The van der Waals surface area contributed by atoms with Gasteiger partial charge in [-0.15, -0.1) is 24.8 Å². The number of hydrogen-bond acceptors (Lipinski definition) is 4. The van der Waals surface area contributed by atoms with Crippen molar-refractivity contribution in [2.45, 2.75) is 12.8 Å². The number of halogens is 2. The van der Waals surface area contributed by atoms with Crippen molar-refractivity contribution in [3.8, 4) is 0 Å². The lowest BCUT2D eigenvalue weighted by molar-refractivity contribution is -0.117. The molecule has 0 fully saturated rings. The summed E-state index contributed by atoms with van der Waals surface area (Å²) in [5, 5.41) is 8.55. The summed E-state index contributed by atoms with van der Waals surface area (Å²) < 4.78 is 0. The van der Waals surface area contributed by atoms with E-state index in [1.54, 1.807) is 31.3 Å². The van der Waals surface area contributed by atoms with Crippen LogP contribution in [0.15, 0.2) is 24.3 Å². The number of anilines is 2. The van der Waals surface area contributed by atoms with Crippen molar-refractivity contribution in [1.82, 2.24) is 10.2 Å². The highest BCUT2D eigenvalue weighted by Gasteiger charge is 2.04. The normalized spacial score (nSPS) is 9.57. The van der Waals surface area contributed by atoms with E-state index < -0.39 is 0 Å². The number of carbonyl (C=O) groups excluding carboxylic acids is 2. The molecule has 0 bridgehead atoms. The molecule has 0 heterocycles. The third kappa shape index (κ3) is 10.9. The zero-order chi connectivity index (χ0) is 15.7. The Morgan fingerprint density at radius 2 is 1.35 bits per heavy atom. The Morgan fingerprint density at radius 3 is 1.74 bits per heavy atom.